The van der Waals surface area contributed by atoms with Crippen molar-refractivity contribution < 1.29 is 0 Å². The van der Waals surface area contributed by atoms with Crippen LogP contribution in [0.25, 0.3) is 10.9 Å². The van der Waals surface area contributed by atoms with Gasteiger partial charge in [0.15, 0.2) is 0 Å². The third-order valence-electron chi connectivity index (χ3n) is 5.05. The van der Waals surface area contributed by atoms with Gasteiger partial charge in [0.2, 0.25) is 0 Å². The van der Waals surface area contributed by atoms with E-state index in [9.17, 15) is 4.79 Å². The van der Waals surface area contributed by atoms with Gasteiger partial charge >= 0.3 is 0 Å². The Morgan fingerprint density at radius 2 is 2.04 bits per heavy atom. The SMILES string of the molecule is Cn1c(CN2CC[C@@H](CNc3ccccn3)C2)nc2ccccc2c1=O. The molecule has 3 heterocycles. The number of fused-ring (bicyclic) bond motifs is 1. The maximum atomic E-state index is 12.5. The second-order valence-electron chi connectivity index (χ2n) is 6.90. The molecular weight excluding hydrogens is 326 g/mol. The lowest BCUT2D eigenvalue weighted by Gasteiger charge is -2.18. The zero-order valence-electron chi connectivity index (χ0n) is 14.9. The summed E-state index contributed by atoms with van der Waals surface area (Å²) in [4.78, 5) is 23.9. The Balaban J connectivity index is 1.42. The van der Waals surface area contributed by atoms with E-state index in [0.717, 1.165) is 43.2 Å². The molecule has 134 valence electrons. The van der Waals surface area contributed by atoms with Gasteiger partial charge < -0.3 is 5.32 Å². The van der Waals surface area contributed by atoms with Crippen molar-refractivity contribution in [1.29, 1.82) is 0 Å². The number of nitrogens with zero attached hydrogens (tertiary/aromatic N) is 4. The summed E-state index contributed by atoms with van der Waals surface area (Å²) in [5.74, 6) is 2.33. The van der Waals surface area contributed by atoms with Crippen molar-refractivity contribution in [2.75, 3.05) is 25.0 Å². The fourth-order valence-corrected chi connectivity index (χ4v) is 3.54. The molecular formula is C20H23N5O. The minimum atomic E-state index is 0.0261. The molecule has 1 aliphatic rings. The average Bonchev–Trinajstić information content (AvgIpc) is 3.12. The lowest BCUT2D eigenvalue weighted by atomic mass is 10.1. The molecule has 0 spiro atoms. The van der Waals surface area contributed by atoms with Crippen molar-refractivity contribution in [3.63, 3.8) is 0 Å². The maximum Gasteiger partial charge on any atom is 0.261 e. The van der Waals surface area contributed by atoms with Crippen molar-refractivity contribution in [2.24, 2.45) is 13.0 Å². The Bertz CT molecular complexity index is 953. The Kier molecular flexibility index (Phi) is 4.67. The summed E-state index contributed by atoms with van der Waals surface area (Å²) in [6, 6.07) is 13.4. The lowest BCUT2D eigenvalue weighted by Crippen LogP contribution is -2.29. The Morgan fingerprint density at radius 3 is 2.88 bits per heavy atom. The van der Waals surface area contributed by atoms with Crippen LogP contribution < -0.4 is 10.9 Å². The van der Waals surface area contributed by atoms with E-state index in [0.29, 0.717) is 17.8 Å². The largest absolute Gasteiger partial charge is 0.370 e. The van der Waals surface area contributed by atoms with Crippen molar-refractivity contribution in [3.05, 3.63) is 64.8 Å². The van der Waals surface area contributed by atoms with Gasteiger partial charge in [-0.05, 0) is 43.1 Å². The van der Waals surface area contributed by atoms with Crippen molar-refractivity contribution in [1.82, 2.24) is 19.4 Å². The molecule has 26 heavy (non-hydrogen) atoms. The third-order valence-corrected chi connectivity index (χ3v) is 5.05. The molecule has 4 rings (SSSR count). The van der Waals surface area contributed by atoms with E-state index in [1.165, 1.54) is 0 Å². The monoisotopic (exact) mass is 349 g/mol. The smallest absolute Gasteiger partial charge is 0.261 e. The Morgan fingerprint density at radius 1 is 1.19 bits per heavy atom. The Hall–Kier alpha value is -2.73. The van der Waals surface area contributed by atoms with Crippen LogP contribution in [0.1, 0.15) is 12.2 Å². The summed E-state index contributed by atoms with van der Waals surface area (Å²) in [6.45, 7) is 3.65. The number of hydrogen-bond acceptors (Lipinski definition) is 5. The number of benzene rings is 1. The van der Waals surface area contributed by atoms with Crippen LogP contribution in [0.5, 0.6) is 0 Å². The van der Waals surface area contributed by atoms with Gasteiger partial charge in [-0.15, -0.1) is 0 Å². The highest BCUT2D eigenvalue weighted by atomic mass is 16.1. The fraction of sp³-hybridized carbons (Fsp3) is 0.350. The molecule has 0 radical (unpaired) electrons. The zero-order valence-corrected chi connectivity index (χ0v) is 14.9. The molecule has 3 aromatic rings. The molecule has 1 fully saturated rings. The van der Waals surface area contributed by atoms with Crippen LogP contribution in [-0.4, -0.2) is 39.1 Å². The quantitative estimate of drug-likeness (QED) is 0.765. The van der Waals surface area contributed by atoms with E-state index >= 15 is 0 Å². The number of pyridine rings is 1. The number of nitrogens with one attached hydrogen (secondary N) is 1. The molecule has 1 aromatic carbocycles. The summed E-state index contributed by atoms with van der Waals surface area (Å²) in [5, 5.41) is 4.09. The molecule has 0 amide bonds. The molecule has 0 saturated carbocycles. The number of para-hydroxylation sites is 1. The Labute approximate surface area is 152 Å². The van der Waals surface area contributed by atoms with Gasteiger partial charge in [-0.25, -0.2) is 9.97 Å². The molecule has 0 bridgehead atoms. The van der Waals surface area contributed by atoms with Gasteiger partial charge in [0.05, 0.1) is 17.4 Å². The van der Waals surface area contributed by atoms with Crippen LogP contribution in [0.2, 0.25) is 0 Å². The first-order valence-corrected chi connectivity index (χ1v) is 9.02. The van der Waals surface area contributed by atoms with Crippen molar-refractivity contribution in [2.45, 2.75) is 13.0 Å². The van der Waals surface area contributed by atoms with E-state index in [2.05, 4.69) is 15.2 Å². The first kappa shape index (κ1) is 16.7. The van der Waals surface area contributed by atoms with Crippen LogP contribution in [0.3, 0.4) is 0 Å². The van der Waals surface area contributed by atoms with Crippen molar-refractivity contribution >= 4 is 16.7 Å². The molecule has 0 unspecified atom stereocenters. The highest BCUT2D eigenvalue weighted by Crippen LogP contribution is 2.19. The number of likely N-dealkylation sites (tertiary alicyclic amines) is 1. The van der Waals surface area contributed by atoms with Crippen molar-refractivity contribution in [3.8, 4) is 0 Å². The average molecular weight is 349 g/mol. The number of aromatic nitrogens is 3. The molecule has 1 saturated heterocycles. The third kappa shape index (κ3) is 3.46. The maximum absolute atomic E-state index is 12.5. The standard InChI is InChI=1S/C20H23N5O/c1-24-19(23-17-7-3-2-6-16(17)20(24)26)14-25-11-9-15(13-25)12-22-18-8-4-5-10-21-18/h2-8,10,15H,9,11-14H2,1H3,(H,21,22)/t15-/m0/s1. The fourth-order valence-electron chi connectivity index (χ4n) is 3.54. The second kappa shape index (κ2) is 7.25. The second-order valence-corrected chi connectivity index (χ2v) is 6.90. The van der Waals surface area contributed by atoms with E-state index < -0.39 is 0 Å². The zero-order chi connectivity index (χ0) is 17.9. The highest BCUT2D eigenvalue weighted by Gasteiger charge is 2.23. The predicted octanol–water partition coefficient (Wildman–Crippen LogP) is 2.26. The van der Waals surface area contributed by atoms with E-state index in [1.807, 2.05) is 49.5 Å². The van der Waals surface area contributed by atoms with Crippen LogP contribution in [-0.2, 0) is 13.6 Å². The van der Waals surface area contributed by atoms with Crippen LogP contribution in [0, 0.1) is 5.92 Å². The predicted molar refractivity (Wildman–Crippen MR) is 103 cm³/mol. The first-order valence-electron chi connectivity index (χ1n) is 9.02. The topological polar surface area (TPSA) is 63.1 Å². The minimum absolute atomic E-state index is 0.0261. The summed E-state index contributed by atoms with van der Waals surface area (Å²) in [7, 11) is 1.81. The van der Waals surface area contributed by atoms with Gasteiger partial charge in [-0.2, -0.15) is 0 Å². The van der Waals surface area contributed by atoms with Gasteiger partial charge in [0.1, 0.15) is 11.6 Å². The lowest BCUT2D eigenvalue weighted by molar-refractivity contribution is 0.305. The summed E-state index contributed by atoms with van der Waals surface area (Å²) in [5.41, 5.74) is 0.802. The normalized spacial score (nSPS) is 17.7. The molecule has 1 atom stereocenters. The molecule has 0 aliphatic carbocycles. The highest BCUT2D eigenvalue weighted by molar-refractivity contribution is 5.77. The van der Waals surface area contributed by atoms with E-state index in [-0.39, 0.29) is 5.56 Å². The number of anilines is 1. The summed E-state index contributed by atoms with van der Waals surface area (Å²) in [6.07, 6.45) is 2.94. The summed E-state index contributed by atoms with van der Waals surface area (Å²) >= 11 is 0. The van der Waals surface area contributed by atoms with Gasteiger partial charge in [0, 0.05) is 26.3 Å². The van der Waals surface area contributed by atoms with Crippen LogP contribution in [0.15, 0.2) is 53.5 Å². The first-order chi connectivity index (χ1) is 12.7. The van der Waals surface area contributed by atoms with E-state index in [4.69, 9.17) is 4.98 Å². The minimum Gasteiger partial charge on any atom is -0.370 e. The number of hydrogen-bond donors (Lipinski definition) is 1. The molecule has 1 aliphatic heterocycles. The van der Waals surface area contributed by atoms with Gasteiger partial charge in [-0.1, -0.05) is 18.2 Å². The van der Waals surface area contributed by atoms with E-state index in [1.54, 1.807) is 10.8 Å². The van der Waals surface area contributed by atoms with Crippen LogP contribution >= 0.6 is 0 Å². The number of rotatable bonds is 5. The van der Waals surface area contributed by atoms with Gasteiger partial charge in [0.25, 0.3) is 5.56 Å². The molecule has 2 aromatic heterocycles. The van der Waals surface area contributed by atoms with Crippen LogP contribution in [0.4, 0.5) is 5.82 Å². The van der Waals surface area contributed by atoms with Gasteiger partial charge in [-0.3, -0.25) is 14.3 Å². The molecule has 6 nitrogen and oxygen atoms in total. The summed E-state index contributed by atoms with van der Waals surface area (Å²) < 4.78 is 1.68. The molecule has 6 heteroatoms. The molecule has 1 N–H and O–H groups in total.